The molecule has 2 aromatic rings. The van der Waals surface area contributed by atoms with Gasteiger partial charge in [-0.15, -0.1) is 10.2 Å². The molecule has 0 aliphatic heterocycles. The second-order valence-corrected chi connectivity index (χ2v) is 9.39. The van der Waals surface area contributed by atoms with E-state index >= 15 is 0 Å². The lowest BCUT2D eigenvalue weighted by atomic mass is 10.1. The Morgan fingerprint density at radius 3 is 2.28 bits per heavy atom. The van der Waals surface area contributed by atoms with E-state index in [-0.39, 0.29) is 10.8 Å². The average Bonchev–Trinajstić information content (AvgIpc) is 3.16. The van der Waals surface area contributed by atoms with Gasteiger partial charge in [0.25, 0.3) is 0 Å². The number of nitrogens with one attached hydrogen (secondary N) is 1. The number of anilines is 1. The molecule has 1 N–H and O–H groups in total. The minimum absolute atomic E-state index is 0.241. The second-order valence-electron chi connectivity index (χ2n) is 6.44. The third-order valence-corrected chi connectivity index (χ3v) is 7.72. The molecule has 0 saturated heterocycles. The number of carbonyl (C=O) groups is 1. The molecule has 0 aliphatic carbocycles. The molecule has 0 fully saturated rings. The van der Waals surface area contributed by atoms with E-state index in [0.29, 0.717) is 24.1 Å². The largest absolute Gasteiger partial charge is 0.297 e. The molecule has 1 amide bonds. The summed E-state index contributed by atoms with van der Waals surface area (Å²) in [6.45, 7) is 8.67. The highest BCUT2D eigenvalue weighted by Gasteiger charge is 2.21. The maximum absolute atomic E-state index is 12.5. The molecule has 29 heavy (non-hydrogen) atoms. The van der Waals surface area contributed by atoms with Crippen LogP contribution in [0.5, 0.6) is 0 Å². The minimum Gasteiger partial charge on any atom is -0.297 e. The number of sulfonamides is 1. The summed E-state index contributed by atoms with van der Waals surface area (Å²) in [4.78, 5) is 12.4. The summed E-state index contributed by atoms with van der Waals surface area (Å²) in [5.41, 5.74) is 0.730. The van der Waals surface area contributed by atoms with E-state index in [0.717, 1.165) is 23.4 Å². The van der Waals surface area contributed by atoms with Crippen molar-refractivity contribution in [3.63, 3.8) is 0 Å². The van der Waals surface area contributed by atoms with Crippen LogP contribution in [0.4, 0.5) is 5.13 Å². The summed E-state index contributed by atoms with van der Waals surface area (Å²) < 4.78 is 26.4. The van der Waals surface area contributed by atoms with E-state index < -0.39 is 10.0 Å². The molecule has 7 nitrogen and oxygen atoms in total. The molecular formula is C20H28N4O3S2. The van der Waals surface area contributed by atoms with Crippen LogP contribution < -0.4 is 5.32 Å². The Balaban J connectivity index is 2.02. The van der Waals surface area contributed by atoms with E-state index in [4.69, 9.17) is 0 Å². The molecule has 2 rings (SSSR count). The van der Waals surface area contributed by atoms with Crippen LogP contribution in [0.25, 0.3) is 6.08 Å². The van der Waals surface area contributed by atoms with Gasteiger partial charge in [0.05, 0.1) is 4.90 Å². The molecule has 1 heterocycles. The molecule has 0 unspecified atom stereocenters. The first kappa shape index (κ1) is 23.2. The molecule has 0 aliphatic rings. The predicted molar refractivity (Wildman–Crippen MR) is 117 cm³/mol. The third kappa shape index (κ3) is 5.94. The quantitative estimate of drug-likeness (QED) is 0.566. The van der Waals surface area contributed by atoms with Crippen LogP contribution in [-0.4, -0.2) is 41.9 Å². The van der Waals surface area contributed by atoms with Crippen LogP contribution in [-0.2, 0) is 14.8 Å². The van der Waals surface area contributed by atoms with Crippen molar-refractivity contribution in [2.75, 3.05) is 18.4 Å². The first-order valence-corrected chi connectivity index (χ1v) is 12.0. The van der Waals surface area contributed by atoms with Crippen LogP contribution in [0.2, 0.25) is 0 Å². The fourth-order valence-corrected chi connectivity index (χ4v) is 5.34. The zero-order chi connectivity index (χ0) is 21.4. The van der Waals surface area contributed by atoms with Gasteiger partial charge < -0.3 is 0 Å². The fraction of sp³-hybridized carbons (Fsp3) is 0.450. The van der Waals surface area contributed by atoms with Crippen LogP contribution in [0.15, 0.2) is 35.2 Å². The van der Waals surface area contributed by atoms with Gasteiger partial charge in [0, 0.05) is 25.1 Å². The van der Waals surface area contributed by atoms with Crippen molar-refractivity contribution >= 4 is 38.5 Å². The molecule has 0 atom stereocenters. The van der Waals surface area contributed by atoms with Crippen molar-refractivity contribution in [2.24, 2.45) is 0 Å². The highest BCUT2D eigenvalue weighted by atomic mass is 32.2. The maximum atomic E-state index is 12.5. The summed E-state index contributed by atoms with van der Waals surface area (Å²) in [6, 6.07) is 6.46. The average molecular weight is 437 g/mol. The normalized spacial score (nSPS) is 12.2. The molecule has 0 radical (unpaired) electrons. The monoisotopic (exact) mass is 436 g/mol. The Kier molecular flexibility index (Phi) is 8.48. The first-order chi connectivity index (χ1) is 13.8. The Hall–Kier alpha value is -2.10. The van der Waals surface area contributed by atoms with Gasteiger partial charge in [0.15, 0.2) is 0 Å². The van der Waals surface area contributed by atoms with Crippen molar-refractivity contribution in [1.29, 1.82) is 0 Å². The number of benzene rings is 1. The maximum Gasteiger partial charge on any atom is 0.250 e. The molecular weight excluding hydrogens is 408 g/mol. The van der Waals surface area contributed by atoms with Gasteiger partial charge in [-0.05, 0) is 36.6 Å². The smallest absolute Gasteiger partial charge is 0.250 e. The number of amides is 1. The second kappa shape index (κ2) is 10.6. The highest BCUT2D eigenvalue weighted by molar-refractivity contribution is 7.89. The van der Waals surface area contributed by atoms with Gasteiger partial charge in [-0.1, -0.05) is 51.2 Å². The molecule has 158 valence electrons. The number of rotatable bonds is 10. The van der Waals surface area contributed by atoms with E-state index in [2.05, 4.69) is 29.4 Å². The number of hydrogen-bond donors (Lipinski definition) is 1. The number of carbonyl (C=O) groups excluding carboxylic acids is 1. The van der Waals surface area contributed by atoms with Crippen LogP contribution in [0, 0.1) is 0 Å². The van der Waals surface area contributed by atoms with Gasteiger partial charge in [0.2, 0.25) is 21.1 Å². The fourth-order valence-electron chi connectivity index (χ4n) is 2.87. The lowest BCUT2D eigenvalue weighted by molar-refractivity contribution is -0.111. The van der Waals surface area contributed by atoms with Crippen molar-refractivity contribution in [3.8, 4) is 0 Å². The van der Waals surface area contributed by atoms with Crippen molar-refractivity contribution in [1.82, 2.24) is 14.5 Å². The highest BCUT2D eigenvalue weighted by Crippen LogP contribution is 2.28. The first-order valence-electron chi connectivity index (χ1n) is 9.78. The van der Waals surface area contributed by atoms with E-state index in [1.54, 1.807) is 30.3 Å². The SMILES string of the molecule is CCC(CC)c1nnc(NC(=O)/C=C/c2ccc(S(=O)(=O)N(CC)CC)cc2)s1. The van der Waals surface area contributed by atoms with Gasteiger partial charge in [-0.3, -0.25) is 10.1 Å². The zero-order valence-electron chi connectivity index (χ0n) is 17.3. The van der Waals surface area contributed by atoms with Gasteiger partial charge in [-0.25, -0.2) is 8.42 Å². The number of aromatic nitrogens is 2. The van der Waals surface area contributed by atoms with Crippen molar-refractivity contribution in [3.05, 3.63) is 40.9 Å². The minimum atomic E-state index is -3.48. The van der Waals surface area contributed by atoms with Crippen LogP contribution in [0.1, 0.15) is 57.0 Å². The van der Waals surface area contributed by atoms with Crippen molar-refractivity contribution < 1.29 is 13.2 Å². The van der Waals surface area contributed by atoms with Crippen LogP contribution in [0.3, 0.4) is 0 Å². The molecule has 9 heteroatoms. The van der Waals surface area contributed by atoms with E-state index in [1.165, 1.54) is 21.7 Å². The van der Waals surface area contributed by atoms with Crippen LogP contribution >= 0.6 is 11.3 Å². The Labute approximate surface area is 176 Å². The summed E-state index contributed by atoms with van der Waals surface area (Å²) in [5.74, 6) is 0.0527. The standard InChI is InChI=1S/C20H28N4O3S2/c1-5-16(6-2)19-22-23-20(28-19)21-18(25)14-11-15-9-12-17(13-10-15)29(26,27)24(7-3)8-4/h9-14,16H,5-8H2,1-4H3,(H,21,23,25)/b14-11+. The molecule has 0 spiro atoms. The number of nitrogens with zero attached hydrogens (tertiary/aromatic N) is 3. The van der Waals surface area contributed by atoms with E-state index in [9.17, 15) is 13.2 Å². The zero-order valence-corrected chi connectivity index (χ0v) is 18.9. The Morgan fingerprint density at radius 2 is 1.72 bits per heavy atom. The molecule has 1 aromatic heterocycles. The number of hydrogen-bond acceptors (Lipinski definition) is 6. The predicted octanol–water partition coefficient (Wildman–Crippen LogP) is 4.12. The summed E-state index contributed by atoms with van der Waals surface area (Å²) in [5, 5.41) is 12.3. The molecule has 0 bridgehead atoms. The summed E-state index contributed by atoms with van der Waals surface area (Å²) >= 11 is 1.39. The molecule has 1 aromatic carbocycles. The lowest BCUT2D eigenvalue weighted by Crippen LogP contribution is -2.30. The van der Waals surface area contributed by atoms with E-state index in [1.807, 2.05) is 13.8 Å². The Bertz CT molecular complexity index is 929. The van der Waals surface area contributed by atoms with Gasteiger partial charge in [-0.2, -0.15) is 4.31 Å². The third-order valence-electron chi connectivity index (χ3n) is 4.66. The summed E-state index contributed by atoms with van der Waals surface area (Å²) in [7, 11) is -3.48. The molecule has 0 saturated carbocycles. The van der Waals surface area contributed by atoms with Crippen molar-refractivity contribution in [2.45, 2.75) is 51.3 Å². The summed E-state index contributed by atoms with van der Waals surface area (Å²) in [6.07, 6.45) is 5.00. The van der Waals surface area contributed by atoms with Gasteiger partial charge >= 0.3 is 0 Å². The Morgan fingerprint density at radius 1 is 1.10 bits per heavy atom. The lowest BCUT2D eigenvalue weighted by Gasteiger charge is -2.18. The van der Waals surface area contributed by atoms with Gasteiger partial charge in [0.1, 0.15) is 5.01 Å². The topological polar surface area (TPSA) is 92.3 Å².